The summed E-state index contributed by atoms with van der Waals surface area (Å²) in [7, 11) is 0. The molecule has 0 aromatic heterocycles. The van der Waals surface area contributed by atoms with Crippen molar-refractivity contribution in [2.24, 2.45) is 23.7 Å². The lowest BCUT2D eigenvalue weighted by Gasteiger charge is -2.23. The highest BCUT2D eigenvalue weighted by Crippen LogP contribution is 2.50. The van der Waals surface area contributed by atoms with Crippen molar-refractivity contribution in [2.45, 2.75) is 12.8 Å². The van der Waals surface area contributed by atoms with Gasteiger partial charge in [0.25, 0.3) is 0 Å². The zero-order valence-corrected chi connectivity index (χ0v) is 7.34. The zero-order valence-electron chi connectivity index (χ0n) is 7.34. The number of hydrogen-bond donors (Lipinski definition) is 2. The van der Waals surface area contributed by atoms with Crippen LogP contribution in [0.3, 0.4) is 0 Å². The normalized spacial score (nSPS) is 40.1. The summed E-state index contributed by atoms with van der Waals surface area (Å²) < 4.78 is 0. The molecule has 0 aromatic carbocycles. The first kappa shape index (κ1) is 9.18. The average molecular weight is 198 g/mol. The summed E-state index contributed by atoms with van der Waals surface area (Å²) in [5, 5.41) is 17.7. The van der Waals surface area contributed by atoms with Gasteiger partial charge in [-0.25, -0.2) is 0 Å². The average Bonchev–Trinajstić information content (AvgIpc) is 2.58. The number of carboxylic acid groups (broad SMARTS) is 2. The predicted molar refractivity (Wildman–Crippen MR) is 43.5 cm³/mol. The van der Waals surface area contributed by atoms with Crippen LogP contribution < -0.4 is 0 Å². The fraction of sp³-hybridized carbons (Fsp3) is 0.667. The molecule has 14 heavy (non-hydrogen) atoms. The third-order valence-electron chi connectivity index (χ3n) is 3.33. The number of hydrogen-bond acceptors (Lipinski definition) is 3. The molecule has 2 bridgehead atoms. The highest BCUT2D eigenvalue weighted by molar-refractivity contribution is 5.94. The van der Waals surface area contributed by atoms with Gasteiger partial charge in [0, 0.05) is 12.3 Å². The summed E-state index contributed by atoms with van der Waals surface area (Å²) in [5.41, 5.74) is 0. The van der Waals surface area contributed by atoms with Crippen LogP contribution in [0.4, 0.5) is 0 Å². The van der Waals surface area contributed by atoms with Gasteiger partial charge in [-0.15, -0.1) is 0 Å². The zero-order chi connectivity index (χ0) is 10.5. The number of rotatable bonds is 2. The van der Waals surface area contributed by atoms with Crippen LogP contribution in [0.5, 0.6) is 0 Å². The Hall–Kier alpha value is -1.39. The molecule has 2 aliphatic carbocycles. The molecular formula is C9H10O5. The molecule has 2 N–H and O–H groups in total. The molecular weight excluding hydrogens is 188 g/mol. The fourth-order valence-corrected chi connectivity index (χ4v) is 2.80. The van der Waals surface area contributed by atoms with E-state index in [0.717, 1.165) is 0 Å². The van der Waals surface area contributed by atoms with Crippen molar-refractivity contribution in [1.29, 1.82) is 0 Å². The van der Waals surface area contributed by atoms with Crippen LogP contribution >= 0.6 is 0 Å². The maximum Gasteiger partial charge on any atom is 0.308 e. The minimum atomic E-state index is -1.15. The third-order valence-corrected chi connectivity index (χ3v) is 3.33. The number of fused-ring (bicyclic) bond motifs is 2. The molecule has 5 nitrogen and oxygen atoms in total. The molecule has 0 amide bonds. The molecule has 0 aromatic rings. The maximum absolute atomic E-state index is 11.3. The van der Waals surface area contributed by atoms with Crippen molar-refractivity contribution < 1.29 is 24.6 Å². The fourth-order valence-electron chi connectivity index (χ4n) is 2.80. The SMILES string of the molecule is O=C(O)[C@@H]1[C@@H](C(=O)O)[C@H]2CC(=O)[C@H]1C2. The van der Waals surface area contributed by atoms with E-state index in [1.807, 2.05) is 0 Å². The monoisotopic (exact) mass is 198 g/mol. The quantitative estimate of drug-likeness (QED) is 0.651. The topological polar surface area (TPSA) is 91.7 Å². The van der Waals surface area contributed by atoms with Gasteiger partial charge in [-0.2, -0.15) is 0 Å². The first-order valence-electron chi connectivity index (χ1n) is 4.50. The van der Waals surface area contributed by atoms with Gasteiger partial charge in [0.2, 0.25) is 0 Å². The van der Waals surface area contributed by atoms with E-state index in [2.05, 4.69) is 0 Å². The van der Waals surface area contributed by atoms with Crippen LogP contribution in [0.15, 0.2) is 0 Å². The van der Waals surface area contributed by atoms with E-state index >= 15 is 0 Å². The second-order valence-corrected chi connectivity index (χ2v) is 4.00. The number of ketones is 1. The summed E-state index contributed by atoms with van der Waals surface area (Å²) >= 11 is 0. The van der Waals surface area contributed by atoms with E-state index in [1.54, 1.807) is 0 Å². The smallest absolute Gasteiger partial charge is 0.308 e. The van der Waals surface area contributed by atoms with E-state index in [0.29, 0.717) is 6.42 Å². The first-order valence-corrected chi connectivity index (χ1v) is 4.50. The summed E-state index contributed by atoms with van der Waals surface area (Å²) in [5.74, 6) is -5.01. The standard InChI is InChI=1S/C9H10O5/c10-5-2-3-1-4(5)7(9(13)14)6(3)8(11)12/h3-4,6-7H,1-2H2,(H,11,12)(H,13,14)/t3-,4-,6+,7+/m1/s1. The molecule has 2 fully saturated rings. The highest BCUT2D eigenvalue weighted by atomic mass is 16.4. The summed E-state index contributed by atoms with van der Waals surface area (Å²) in [6.07, 6.45) is 0.679. The Morgan fingerprint density at radius 2 is 1.71 bits per heavy atom. The second-order valence-electron chi connectivity index (χ2n) is 4.00. The van der Waals surface area contributed by atoms with Crippen LogP contribution in [0.1, 0.15) is 12.8 Å². The van der Waals surface area contributed by atoms with Crippen molar-refractivity contribution >= 4 is 17.7 Å². The van der Waals surface area contributed by atoms with Gasteiger partial charge in [0.1, 0.15) is 5.78 Å². The number of carboxylic acids is 2. The van der Waals surface area contributed by atoms with Gasteiger partial charge in [0.15, 0.2) is 0 Å². The van der Waals surface area contributed by atoms with Crippen LogP contribution in [-0.4, -0.2) is 27.9 Å². The largest absolute Gasteiger partial charge is 0.481 e. The predicted octanol–water partition coefficient (Wildman–Crippen LogP) is -0.00310. The number of aliphatic carboxylic acids is 2. The minimum absolute atomic E-state index is 0.0834. The van der Waals surface area contributed by atoms with E-state index in [-0.39, 0.29) is 18.1 Å². The van der Waals surface area contributed by atoms with Crippen molar-refractivity contribution in [3.63, 3.8) is 0 Å². The Kier molecular flexibility index (Phi) is 1.83. The minimum Gasteiger partial charge on any atom is -0.481 e. The molecule has 2 saturated carbocycles. The van der Waals surface area contributed by atoms with Gasteiger partial charge in [-0.05, 0) is 12.3 Å². The van der Waals surface area contributed by atoms with Crippen LogP contribution in [0.2, 0.25) is 0 Å². The number of carbonyl (C=O) groups is 3. The molecule has 0 spiro atoms. The van der Waals surface area contributed by atoms with E-state index in [4.69, 9.17) is 10.2 Å². The molecule has 5 heteroatoms. The summed E-state index contributed by atoms with van der Waals surface area (Å²) in [6.45, 7) is 0. The molecule has 4 atom stereocenters. The molecule has 2 rings (SSSR count). The maximum atomic E-state index is 11.3. The van der Waals surface area contributed by atoms with Gasteiger partial charge >= 0.3 is 11.9 Å². The van der Waals surface area contributed by atoms with Crippen LogP contribution in [0.25, 0.3) is 0 Å². The highest BCUT2D eigenvalue weighted by Gasteiger charge is 2.58. The third kappa shape index (κ3) is 1.05. The Bertz CT molecular complexity index is 321. The first-order chi connectivity index (χ1) is 6.52. The van der Waals surface area contributed by atoms with E-state index < -0.39 is 29.7 Å². The lowest BCUT2D eigenvalue weighted by molar-refractivity contribution is -0.158. The van der Waals surface area contributed by atoms with E-state index in [1.165, 1.54) is 0 Å². The molecule has 2 aliphatic rings. The van der Waals surface area contributed by atoms with Crippen molar-refractivity contribution in [3.05, 3.63) is 0 Å². The molecule has 0 heterocycles. The van der Waals surface area contributed by atoms with Crippen molar-refractivity contribution in [3.8, 4) is 0 Å². The van der Waals surface area contributed by atoms with Gasteiger partial charge in [-0.3, -0.25) is 14.4 Å². The molecule has 0 radical (unpaired) electrons. The summed E-state index contributed by atoms with van der Waals surface area (Å²) in [6, 6.07) is 0. The Balaban J connectivity index is 2.32. The van der Waals surface area contributed by atoms with Gasteiger partial charge < -0.3 is 10.2 Å². The Morgan fingerprint density at radius 1 is 1.14 bits per heavy atom. The lowest BCUT2D eigenvalue weighted by Crippen LogP contribution is -2.38. The molecule has 76 valence electrons. The molecule has 0 aliphatic heterocycles. The van der Waals surface area contributed by atoms with Crippen LogP contribution in [-0.2, 0) is 14.4 Å². The molecule has 0 saturated heterocycles. The Morgan fingerprint density at radius 3 is 2.21 bits per heavy atom. The summed E-state index contributed by atoms with van der Waals surface area (Å²) in [4.78, 5) is 32.9. The number of Topliss-reactive ketones (excluding diaryl/α,β-unsaturated/α-hetero) is 1. The second kappa shape index (κ2) is 2.80. The van der Waals surface area contributed by atoms with Crippen molar-refractivity contribution in [1.82, 2.24) is 0 Å². The number of carbonyl (C=O) groups excluding carboxylic acids is 1. The van der Waals surface area contributed by atoms with Crippen LogP contribution in [0, 0.1) is 23.7 Å². The lowest BCUT2D eigenvalue weighted by atomic mass is 9.79. The van der Waals surface area contributed by atoms with E-state index in [9.17, 15) is 14.4 Å². The van der Waals surface area contributed by atoms with Gasteiger partial charge in [-0.1, -0.05) is 0 Å². The van der Waals surface area contributed by atoms with Crippen molar-refractivity contribution in [2.75, 3.05) is 0 Å². The van der Waals surface area contributed by atoms with Gasteiger partial charge in [0.05, 0.1) is 11.8 Å². The Labute approximate surface area is 79.7 Å². The molecule has 0 unspecified atom stereocenters.